The van der Waals surface area contributed by atoms with Gasteiger partial charge in [0.1, 0.15) is 0 Å². The summed E-state index contributed by atoms with van der Waals surface area (Å²) in [5.41, 5.74) is 0.0278. The van der Waals surface area contributed by atoms with Gasteiger partial charge in [0, 0.05) is 45.3 Å². The Labute approximate surface area is 163 Å². The second-order valence-corrected chi connectivity index (χ2v) is 12.7. The van der Waals surface area contributed by atoms with Crippen molar-refractivity contribution in [1.29, 1.82) is 0 Å². The van der Waals surface area contributed by atoms with Crippen molar-refractivity contribution >= 4 is 7.52 Å². The smallest absolute Gasteiger partial charge is 0.277 e. The second-order valence-electron chi connectivity index (χ2n) is 9.50. The largest absolute Gasteiger partial charge is 0.316 e. The highest BCUT2D eigenvalue weighted by molar-refractivity contribution is 7.58. The Morgan fingerprint density at radius 1 is 0.962 bits per heavy atom. The fourth-order valence-electron chi connectivity index (χ4n) is 3.51. The van der Waals surface area contributed by atoms with E-state index >= 15 is 0 Å². The van der Waals surface area contributed by atoms with E-state index in [4.69, 9.17) is 4.52 Å². The van der Waals surface area contributed by atoms with Gasteiger partial charge in [-0.05, 0) is 39.0 Å². The lowest BCUT2D eigenvalue weighted by atomic mass is 9.99. The van der Waals surface area contributed by atoms with Crippen LogP contribution in [0.1, 0.15) is 69.2 Å². The molecular formula is C20H46N3O2P. The van der Waals surface area contributed by atoms with E-state index in [-0.39, 0.29) is 25.4 Å². The summed E-state index contributed by atoms with van der Waals surface area (Å²) >= 11 is 0. The number of nitrogens with zero attached hydrogens (tertiary/aromatic N) is 2. The predicted molar refractivity (Wildman–Crippen MR) is 115 cm³/mol. The second kappa shape index (κ2) is 10.0. The number of rotatable bonds is 4. The van der Waals surface area contributed by atoms with Crippen molar-refractivity contribution in [2.75, 3.05) is 45.9 Å². The molecule has 0 saturated carbocycles. The van der Waals surface area contributed by atoms with Gasteiger partial charge in [-0.25, -0.2) is 4.67 Å². The molecule has 6 heteroatoms. The summed E-state index contributed by atoms with van der Waals surface area (Å²) in [6, 6.07) is 0.638. The van der Waals surface area contributed by atoms with Gasteiger partial charge in [0.15, 0.2) is 0 Å². The van der Waals surface area contributed by atoms with E-state index in [1.54, 1.807) is 0 Å². The minimum atomic E-state index is -2.84. The predicted octanol–water partition coefficient (Wildman–Crippen LogP) is 4.68. The Kier molecular flexibility index (Phi) is 10.0. The molecule has 2 aliphatic rings. The maximum atomic E-state index is 13.8. The summed E-state index contributed by atoms with van der Waals surface area (Å²) in [4.78, 5) is 2.60. The molecule has 1 atom stereocenters. The monoisotopic (exact) mass is 391 g/mol. The first-order valence-corrected chi connectivity index (χ1v) is 11.1. The van der Waals surface area contributed by atoms with Crippen LogP contribution in [-0.2, 0) is 9.09 Å². The van der Waals surface area contributed by atoms with Crippen LogP contribution in [0.2, 0.25) is 0 Å². The standard InChI is InChI=1S/C18H38N3O2P.2CH4/c1-17(2,3)15-23-24(22,18(4,5)6)21-11-7-16(8-12-21)20-13-9-19-10-14-20;;/h16,19H,7-15H2,1-6H3;2*1H4. The molecule has 26 heavy (non-hydrogen) atoms. The molecule has 1 unspecified atom stereocenters. The zero-order chi connectivity index (χ0) is 18.0. The lowest BCUT2D eigenvalue weighted by molar-refractivity contribution is 0.109. The minimum Gasteiger partial charge on any atom is -0.316 e. The Morgan fingerprint density at radius 3 is 1.88 bits per heavy atom. The number of nitrogens with one attached hydrogen (secondary N) is 1. The summed E-state index contributed by atoms with van der Waals surface area (Å²) < 4.78 is 22.1. The molecule has 0 bridgehead atoms. The summed E-state index contributed by atoms with van der Waals surface area (Å²) in [6.07, 6.45) is 2.19. The van der Waals surface area contributed by atoms with Crippen LogP contribution < -0.4 is 5.32 Å². The summed E-state index contributed by atoms with van der Waals surface area (Å²) in [5, 5.41) is 3.07. The van der Waals surface area contributed by atoms with Gasteiger partial charge in [0.25, 0.3) is 7.52 Å². The SMILES string of the molecule is C.C.CC(C)(C)COP(=O)(N1CCC(N2CCNCC2)CC1)C(C)(C)C. The van der Waals surface area contributed by atoms with Crippen LogP contribution in [-0.4, -0.2) is 66.6 Å². The summed E-state index contributed by atoms with van der Waals surface area (Å²) in [7, 11) is -2.84. The van der Waals surface area contributed by atoms with Gasteiger partial charge < -0.3 is 9.84 Å². The molecule has 0 spiro atoms. The van der Waals surface area contributed by atoms with Gasteiger partial charge in [0.2, 0.25) is 0 Å². The molecule has 0 radical (unpaired) electrons. The van der Waals surface area contributed by atoms with Crippen molar-refractivity contribution in [3.05, 3.63) is 0 Å². The van der Waals surface area contributed by atoms with E-state index in [0.717, 1.165) is 52.1 Å². The van der Waals surface area contributed by atoms with Crippen LogP contribution in [0.25, 0.3) is 0 Å². The molecule has 0 amide bonds. The molecule has 2 saturated heterocycles. The molecule has 2 heterocycles. The zero-order valence-corrected chi connectivity index (χ0v) is 17.5. The molecule has 2 rings (SSSR count). The highest BCUT2D eigenvalue weighted by Crippen LogP contribution is 2.62. The minimum absolute atomic E-state index is 0. The van der Waals surface area contributed by atoms with Crippen molar-refractivity contribution in [1.82, 2.24) is 14.9 Å². The van der Waals surface area contributed by atoms with Crippen molar-refractivity contribution in [3.63, 3.8) is 0 Å². The first-order valence-electron chi connectivity index (χ1n) is 9.48. The van der Waals surface area contributed by atoms with Crippen LogP contribution >= 0.6 is 7.52 Å². The van der Waals surface area contributed by atoms with Crippen molar-refractivity contribution in [2.45, 2.75) is 80.4 Å². The first-order chi connectivity index (χ1) is 11.0. The van der Waals surface area contributed by atoms with Gasteiger partial charge in [-0.3, -0.25) is 9.46 Å². The highest BCUT2D eigenvalue weighted by Gasteiger charge is 2.45. The lowest BCUT2D eigenvalue weighted by Gasteiger charge is -2.45. The molecule has 5 nitrogen and oxygen atoms in total. The molecular weight excluding hydrogens is 345 g/mol. The highest BCUT2D eigenvalue weighted by atomic mass is 31.2. The first kappa shape index (κ1) is 26.1. The normalized spacial score (nSPS) is 23.6. The summed E-state index contributed by atoms with van der Waals surface area (Å²) in [6.45, 7) is 19.3. The average Bonchev–Trinajstić information content (AvgIpc) is 2.52. The van der Waals surface area contributed by atoms with E-state index in [0.29, 0.717) is 12.6 Å². The molecule has 0 aliphatic carbocycles. The van der Waals surface area contributed by atoms with Gasteiger partial charge in [-0.15, -0.1) is 0 Å². The van der Waals surface area contributed by atoms with Crippen LogP contribution in [0.3, 0.4) is 0 Å². The average molecular weight is 392 g/mol. The van der Waals surface area contributed by atoms with Crippen LogP contribution in [0, 0.1) is 5.41 Å². The fraction of sp³-hybridized carbons (Fsp3) is 1.00. The maximum absolute atomic E-state index is 13.8. The van der Waals surface area contributed by atoms with Gasteiger partial charge in [-0.1, -0.05) is 35.6 Å². The van der Waals surface area contributed by atoms with E-state index in [2.05, 4.69) is 56.4 Å². The van der Waals surface area contributed by atoms with Crippen molar-refractivity contribution < 1.29 is 9.09 Å². The summed E-state index contributed by atoms with van der Waals surface area (Å²) in [5.74, 6) is 0. The van der Waals surface area contributed by atoms with Gasteiger partial charge in [-0.2, -0.15) is 0 Å². The molecule has 0 aromatic heterocycles. The quantitative estimate of drug-likeness (QED) is 0.705. The molecule has 2 aliphatic heterocycles. The topological polar surface area (TPSA) is 44.8 Å². The van der Waals surface area contributed by atoms with Gasteiger partial charge in [0.05, 0.1) is 11.8 Å². The third-order valence-corrected chi connectivity index (χ3v) is 8.32. The Bertz CT molecular complexity index is 443. The van der Waals surface area contributed by atoms with E-state index in [1.807, 2.05) is 0 Å². The van der Waals surface area contributed by atoms with Crippen LogP contribution in [0.5, 0.6) is 0 Å². The number of hydrogen-bond donors (Lipinski definition) is 1. The Morgan fingerprint density at radius 2 is 1.46 bits per heavy atom. The van der Waals surface area contributed by atoms with E-state index in [1.165, 1.54) is 0 Å². The third kappa shape index (κ3) is 6.60. The number of piperidine rings is 1. The molecule has 0 aromatic rings. The molecule has 1 N–H and O–H groups in total. The molecule has 2 fully saturated rings. The number of hydrogen-bond acceptors (Lipinski definition) is 4. The fourth-order valence-corrected chi connectivity index (χ4v) is 6.23. The Hall–Kier alpha value is 0.0700. The lowest BCUT2D eigenvalue weighted by Crippen LogP contribution is -2.52. The van der Waals surface area contributed by atoms with Crippen molar-refractivity contribution in [2.24, 2.45) is 5.41 Å². The number of piperazine rings is 1. The molecule has 158 valence electrons. The van der Waals surface area contributed by atoms with E-state index in [9.17, 15) is 4.57 Å². The zero-order valence-electron chi connectivity index (χ0n) is 16.6. The van der Waals surface area contributed by atoms with E-state index < -0.39 is 7.52 Å². The van der Waals surface area contributed by atoms with Crippen molar-refractivity contribution in [3.8, 4) is 0 Å². The van der Waals surface area contributed by atoms with Crippen LogP contribution in [0.15, 0.2) is 0 Å². The molecule has 0 aromatic carbocycles. The third-order valence-electron chi connectivity index (χ3n) is 5.00. The maximum Gasteiger partial charge on any atom is 0.277 e. The Balaban J connectivity index is 0.00000312. The van der Waals surface area contributed by atoms with Gasteiger partial charge >= 0.3 is 0 Å². The van der Waals surface area contributed by atoms with Crippen LogP contribution in [0.4, 0.5) is 0 Å².